The van der Waals surface area contributed by atoms with E-state index in [4.69, 9.17) is 0 Å². The standard InChI is InChI=1S/C18H15BrF2N6O/c19-10-3-4-12-11(6-10)18-23-14(8-25-5-1-2-15(25)28)24-27(18)7-13-16(17(20)21)22-9-26(12)13/h3-4,6,9,17H,1-2,5,7-8H2. The first-order chi connectivity index (χ1) is 13.5. The summed E-state index contributed by atoms with van der Waals surface area (Å²) < 4.78 is 31.1. The zero-order valence-corrected chi connectivity index (χ0v) is 16.2. The van der Waals surface area contributed by atoms with Gasteiger partial charge in [-0.25, -0.2) is 23.4 Å². The number of halogens is 3. The molecule has 2 aromatic heterocycles. The van der Waals surface area contributed by atoms with Crippen molar-refractivity contribution in [2.75, 3.05) is 6.54 Å². The minimum absolute atomic E-state index is 0.0891. The lowest BCUT2D eigenvalue weighted by Gasteiger charge is -2.12. The summed E-state index contributed by atoms with van der Waals surface area (Å²) in [5.41, 5.74) is 1.60. The van der Waals surface area contributed by atoms with E-state index in [2.05, 4.69) is 31.0 Å². The summed E-state index contributed by atoms with van der Waals surface area (Å²) >= 11 is 3.47. The molecule has 0 saturated carbocycles. The molecule has 7 nitrogen and oxygen atoms in total. The number of rotatable bonds is 3. The summed E-state index contributed by atoms with van der Waals surface area (Å²) in [5, 5.41) is 4.53. The van der Waals surface area contributed by atoms with E-state index in [0.717, 1.165) is 16.5 Å². The fourth-order valence-corrected chi connectivity index (χ4v) is 4.14. The fraction of sp³-hybridized carbons (Fsp3) is 0.333. The van der Waals surface area contributed by atoms with Crippen LogP contribution < -0.4 is 0 Å². The van der Waals surface area contributed by atoms with Crippen LogP contribution in [-0.4, -0.2) is 41.7 Å². The second-order valence-corrected chi connectivity index (χ2v) is 7.75. The molecule has 1 aromatic carbocycles. The SMILES string of the molecule is O=C1CCCN1Cc1nc2n(n1)Cc1c(C(F)F)ncn1-c1ccc(Br)cc1-2. The maximum Gasteiger partial charge on any atom is 0.282 e. The molecule has 1 fully saturated rings. The van der Waals surface area contributed by atoms with Crippen LogP contribution in [0.15, 0.2) is 29.0 Å². The van der Waals surface area contributed by atoms with Crippen LogP contribution in [-0.2, 0) is 17.9 Å². The number of imidazole rings is 1. The van der Waals surface area contributed by atoms with Gasteiger partial charge in [0.05, 0.1) is 24.5 Å². The molecule has 0 bridgehead atoms. The second-order valence-electron chi connectivity index (χ2n) is 6.84. The van der Waals surface area contributed by atoms with Gasteiger partial charge in [-0.2, -0.15) is 5.10 Å². The molecule has 4 heterocycles. The number of carbonyl (C=O) groups is 1. The third-order valence-electron chi connectivity index (χ3n) is 5.08. The topological polar surface area (TPSA) is 68.8 Å². The molecular formula is C18H15BrF2N6O. The van der Waals surface area contributed by atoms with Gasteiger partial charge in [0.2, 0.25) is 5.91 Å². The van der Waals surface area contributed by atoms with Crippen LogP contribution in [0.3, 0.4) is 0 Å². The highest BCUT2D eigenvalue weighted by molar-refractivity contribution is 9.10. The van der Waals surface area contributed by atoms with E-state index in [9.17, 15) is 13.6 Å². The molecule has 2 aliphatic rings. The van der Waals surface area contributed by atoms with Crippen LogP contribution in [0.25, 0.3) is 17.1 Å². The molecule has 144 valence electrons. The summed E-state index contributed by atoms with van der Waals surface area (Å²) in [7, 11) is 0. The van der Waals surface area contributed by atoms with Gasteiger partial charge in [0.15, 0.2) is 11.6 Å². The Morgan fingerprint density at radius 2 is 2.14 bits per heavy atom. The zero-order valence-electron chi connectivity index (χ0n) is 14.6. The normalized spacial score (nSPS) is 15.6. The number of aromatic nitrogens is 5. The molecule has 0 unspecified atom stereocenters. The van der Waals surface area contributed by atoms with Crippen molar-refractivity contribution in [2.45, 2.75) is 32.4 Å². The average Bonchev–Trinajstić information content (AvgIpc) is 3.34. The van der Waals surface area contributed by atoms with E-state index < -0.39 is 6.43 Å². The van der Waals surface area contributed by atoms with E-state index in [-0.39, 0.29) is 18.1 Å². The molecule has 1 saturated heterocycles. The van der Waals surface area contributed by atoms with Gasteiger partial charge < -0.3 is 9.47 Å². The van der Waals surface area contributed by atoms with Gasteiger partial charge >= 0.3 is 0 Å². The Kier molecular flexibility index (Phi) is 4.04. The molecule has 0 radical (unpaired) electrons. The Bertz CT molecular complexity index is 1090. The minimum Gasteiger partial charge on any atom is -0.335 e. The third-order valence-corrected chi connectivity index (χ3v) is 5.58. The number of alkyl halides is 2. The molecule has 0 aliphatic carbocycles. The molecule has 28 heavy (non-hydrogen) atoms. The summed E-state index contributed by atoms with van der Waals surface area (Å²) in [6.07, 6.45) is 0.112. The zero-order chi connectivity index (χ0) is 19.4. The quantitative estimate of drug-likeness (QED) is 0.482. The van der Waals surface area contributed by atoms with Crippen LogP contribution in [0.4, 0.5) is 8.78 Å². The lowest BCUT2D eigenvalue weighted by atomic mass is 10.1. The van der Waals surface area contributed by atoms with Gasteiger partial charge in [-0.05, 0) is 24.6 Å². The van der Waals surface area contributed by atoms with E-state index in [1.807, 2.05) is 18.2 Å². The molecule has 1 amide bonds. The van der Waals surface area contributed by atoms with E-state index >= 15 is 0 Å². The summed E-state index contributed by atoms with van der Waals surface area (Å²) in [4.78, 5) is 22.2. The van der Waals surface area contributed by atoms with Gasteiger partial charge in [0, 0.05) is 23.0 Å². The predicted molar refractivity (Wildman–Crippen MR) is 99.0 cm³/mol. The molecule has 5 rings (SSSR count). The van der Waals surface area contributed by atoms with Crippen LogP contribution in [0.2, 0.25) is 0 Å². The summed E-state index contributed by atoms with van der Waals surface area (Å²) in [6, 6.07) is 5.58. The van der Waals surface area contributed by atoms with Gasteiger partial charge in [0.1, 0.15) is 12.0 Å². The number of fused-ring (bicyclic) bond motifs is 5. The summed E-state index contributed by atoms with van der Waals surface area (Å²) in [6.45, 7) is 1.14. The third kappa shape index (κ3) is 2.74. The van der Waals surface area contributed by atoms with E-state index in [1.54, 1.807) is 14.1 Å². The highest BCUT2D eigenvalue weighted by Crippen LogP contribution is 2.35. The Hall–Kier alpha value is -2.62. The minimum atomic E-state index is -2.68. The first-order valence-electron chi connectivity index (χ1n) is 8.87. The number of hydrogen-bond donors (Lipinski definition) is 0. The second kappa shape index (κ2) is 6.47. The molecular weight excluding hydrogens is 434 g/mol. The molecule has 0 spiro atoms. The van der Waals surface area contributed by atoms with Crippen molar-refractivity contribution in [1.82, 2.24) is 29.2 Å². The fourth-order valence-electron chi connectivity index (χ4n) is 3.78. The largest absolute Gasteiger partial charge is 0.335 e. The van der Waals surface area contributed by atoms with Crippen molar-refractivity contribution in [3.8, 4) is 17.1 Å². The van der Waals surface area contributed by atoms with E-state index in [0.29, 0.717) is 42.5 Å². The molecule has 0 atom stereocenters. The Morgan fingerprint density at radius 3 is 2.89 bits per heavy atom. The first-order valence-corrected chi connectivity index (χ1v) is 9.66. The first kappa shape index (κ1) is 17.5. The highest BCUT2D eigenvalue weighted by Gasteiger charge is 2.29. The van der Waals surface area contributed by atoms with Crippen molar-refractivity contribution < 1.29 is 13.6 Å². The predicted octanol–water partition coefficient (Wildman–Crippen LogP) is 3.32. The molecule has 2 aliphatic heterocycles. The summed E-state index contributed by atoms with van der Waals surface area (Å²) in [5.74, 6) is 1.18. The van der Waals surface area contributed by atoms with Gasteiger partial charge in [-0.3, -0.25) is 4.79 Å². The van der Waals surface area contributed by atoms with Gasteiger partial charge in [-0.1, -0.05) is 15.9 Å². The van der Waals surface area contributed by atoms with Gasteiger partial charge in [0.25, 0.3) is 6.43 Å². The Morgan fingerprint density at radius 1 is 1.29 bits per heavy atom. The van der Waals surface area contributed by atoms with Gasteiger partial charge in [-0.15, -0.1) is 0 Å². The highest BCUT2D eigenvalue weighted by atomic mass is 79.9. The van der Waals surface area contributed by atoms with Crippen LogP contribution in [0.5, 0.6) is 0 Å². The number of carbonyl (C=O) groups excluding carboxylic acids is 1. The monoisotopic (exact) mass is 448 g/mol. The van der Waals surface area contributed by atoms with Crippen molar-refractivity contribution in [1.29, 1.82) is 0 Å². The maximum atomic E-state index is 13.5. The van der Waals surface area contributed by atoms with Crippen molar-refractivity contribution in [3.63, 3.8) is 0 Å². The van der Waals surface area contributed by atoms with Crippen LogP contribution in [0, 0.1) is 0 Å². The number of nitrogens with zero attached hydrogens (tertiary/aromatic N) is 6. The maximum absolute atomic E-state index is 13.5. The molecule has 10 heteroatoms. The van der Waals surface area contributed by atoms with E-state index in [1.165, 1.54) is 6.33 Å². The number of hydrogen-bond acceptors (Lipinski definition) is 4. The lowest BCUT2D eigenvalue weighted by molar-refractivity contribution is -0.128. The Labute approximate surface area is 167 Å². The number of benzene rings is 1. The lowest BCUT2D eigenvalue weighted by Crippen LogP contribution is -2.24. The molecule has 3 aromatic rings. The van der Waals surface area contributed by atoms with Crippen LogP contribution in [0.1, 0.15) is 36.5 Å². The van der Waals surface area contributed by atoms with Crippen molar-refractivity contribution in [3.05, 3.63) is 46.2 Å². The Balaban J connectivity index is 1.64. The van der Waals surface area contributed by atoms with Crippen molar-refractivity contribution >= 4 is 21.8 Å². The smallest absolute Gasteiger partial charge is 0.282 e. The average molecular weight is 449 g/mol. The van der Waals surface area contributed by atoms with Crippen LogP contribution >= 0.6 is 15.9 Å². The number of amides is 1. The molecule has 0 N–H and O–H groups in total. The number of likely N-dealkylation sites (tertiary alicyclic amines) is 1. The van der Waals surface area contributed by atoms with Crippen molar-refractivity contribution in [2.24, 2.45) is 0 Å².